The van der Waals surface area contributed by atoms with Gasteiger partial charge in [-0.25, -0.2) is 0 Å². The average Bonchev–Trinajstić information content (AvgIpc) is 2.43. The molecule has 0 radical (unpaired) electrons. The normalized spacial score (nSPS) is 44.4. The van der Waals surface area contributed by atoms with E-state index in [1.165, 1.54) is 6.42 Å². The van der Waals surface area contributed by atoms with Gasteiger partial charge in [-0.15, -0.1) is 0 Å². The minimum Gasteiger partial charge on any atom is -0.347 e. The zero-order chi connectivity index (χ0) is 7.31. The van der Waals surface area contributed by atoms with Crippen molar-refractivity contribution in [3.8, 4) is 0 Å². The third-order valence-electron chi connectivity index (χ3n) is 3.14. The van der Waals surface area contributed by atoms with Gasteiger partial charge in [0.1, 0.15) is 0 Å². The van der Waals surface area contributed by atoms with Crippen molar-refractivity contribution in [2.75, 3.05) is 13.2 Å². The summed E-state index contributed by atoms with van der Waals surface area (Å²) in [4.78, 5) is 0. The first-order chi connectivity index (χ1) is 5.41. The molecule has 1 aliphatic heterocycles. The summed E-state index contributed by atoms with van der Waals surface area (Å²) >= 11 is 0. The molecule has 1 saturated heterocycles. The van der Waals surface area contributed by atoms with Crippen LogP contribution in [0.25, 0.3) is 0 Å². The van der Waals surface area contributed by atoms with Crippen LogP contribution >= 0.6 is 0 Å². The van der Waals surface area contributed by atoms with E-state index in [0.29, 0.717) is 5.92 Å². The topological polar surface area (TPSA) is 18.5 Å². The second-order valence-corrected chi connectivity index (χ2v) is 3.62. The predicted octanol–water partition coefficient (Wildman–Crippen LogP) is 1.33. The van der Waals surface area contributed by atoms with Gasteiger partial charge < -0.3 is 9.47 Å². The van der Waals surface area contributed by atoms with E-state index in [-0.39, 0.29) is 5.79 Å². The van der Waals surface area contributed by atoms with Gasteiger partial charge in [0.25, 0.3) is 0 Å². The molecule has 3 rings (SSSR count). The van der Waals surface area contributed by atoms with Gasteiger partial charge in [-0.3, -0.25) is 0 Å². The molecule has 0 aromatic heterocycles. The van der Waals surface area contributed by atoms with Crippen molar-refractivity contribution in [3.63, 3.8) is 0 Å². The number of rotatable bonds is 0. The SMILES string of the molecule is C1=C[C@H]2[C@@H]1CCC21OCCO1. The highest BCUT2D eigenvalue weighted by molar-refractivity contribution is 5.18. The van der Waals surface area contributed by atoms with Crippen LogP contribution in [-0.4, -0.2) is 19.0 Å². The number of hydrogen-bond acceptors (Lipinski definition) is 2. The summed E-state index contributed by atoms with van der Waals surface area (Å²) in [6, 6.07) is 0. The lowest BCUT2D eigenvalue weighted by molar-refractivity contribution is -0.176. The number of hydrogen-bond donors (Lipinski definition) is 0. The van der Waals surface area contributed by atoms with Gasteiger partial charge >= 0.3 is 0 Å². The third-order valence-corrected chi connectivity index (χ3v) is 3.14. The maximum absolute atomic E-state index is 5.66. The van der Waals surface area contributed by atoms with E-state index < -0.39 is 0 Å². The summed E-state index contributed by atoms with van der Waals surface area (Å²) < 4.78 is 11.3. The first-order valence-corrected chi connectivity index (χ1v) is 4.37. The molecular formula is C9H12O2. The molecule has 3 aliphatic rings. The number of ether oxygens (including phenoxy) is 2. The smallest absolute Gasteiger partial charge is 0.175 e. The Bertz CT molecular complexity index is 204. The fourth-order valence-electron chi connectivity index (χ4n) is 2.47. The second kappa shape index (κ2) is 1.87. The van der Waals surface area contributed by atoms with Crippen molar-refractivity contribution < 1.29 is 9.47 Å². The van der Waals surface area contributed by atoms with Gasteiger partial charge in [0.15, 0.2) is 5.79 Å². The summed E-state index contributed by atoms with van der Waals surface area (Å²) in [5.41, 5.74) is 0. The van der Waals surface area contributed by atoms with Crippen molar-refractivity contribution in [1.82, 2.24) is 0 Å². The molecule has 1 saturated carbocycles. The molecule has 0 aromatic rings. The molecule has 0 amide bonds. The largest absolute Gasteiger partial charge is 0.347 e. The lowest BCUT2D eigenvalue weighted by Gasteiger charge is -2.33. The first kappa shape index (κ1) is 6.21. The standard InChI is InChI=1S/C9H12O2/c1-2-8-7(1)3-4-9(8)10-5-6-11-9/h1-2,7-8H,3-6H2/t7-,8-/m0/s1. The maximum atomic E-state index is 5.66. The van der Waals surface area contributed by atoms with Crippen LogP contribution in [-0.2, 0) is 9.47 Å². The van der Waals surface area contributed by atoms with E-state index in [0.717, 1.165) is 25.6 Å². The molecule has 1 heterocycles. The first-order valence-electron chi connectivity index (χ1n) is 4.37. The molecule has 0 aromatic carbocycles. The van der Waals surface area contributed by atoms with Gasteiger partial charge in [-0.2, -0.15) is 0 Å². The molecule has 2 fully saturated rings. The Balaban J connectivity index is 1.92. The fourth-order valence-corrected chi connectivity index (χ4v) is 2.47. The number of allylic oxidation sites excluding steroid dienone is 1. The highest BCUT2D eigenvalue weighted by Gasteiger charge is 2.53. The van der Waals surface area contributed by atoms with Crippen molar-refractivity contribution >= 4 is 0 Å². The van der Waals surface area contributed by atoms with Gasteiger partial charge in [0.05, 0.1) is 13.2 Å². The zero-order valence-corrected chi connectivity index (χ0v) is 6.45. The number of fused-ring (bicyclic) bond motifs is 2. The molecule has 60 valence electrons. The summed E-state index contributed by atoms with van der Waals surface area (Å²) in [5.74, 6) is 1.15. The van der Waals surface area contributed by atoms with Crippen LogP contribution < -0.4 is 0 Å². The van der Waals surface area contributed by atoms with Crippen LogP contribution in [0.3, 0.4) is 0 Å². The minimum atomic E-state index is -0.181. The van der Waals surface area contributed by atoms with E-state index in [4.69, 9.17) is 9.47 Å². The van der Waals surface area contributed by atoms with E-state index in [1.807, 2.05) is 0 Å². The Morgan fingerprint density at radius 3 is 2.55 bits per heavy atom. The van der Waals surface area contributed by atoms with Crippen molar-refractivity contribution in [3.05, 3.63) is 12.2 Å². The van der Waals surface area contributed by atoms with E-state index >= 15 is 0 Å². The van der Waals surface area contributed by atoms with Gasteiger partial charge in [0.2, 0.25) is 0 Å². The lowest BCUT2D eigenvalue weighted by atomic mass is 9.83. The van der Waals surface area contributed by atoms with Crippen LogP contribution in [0.1, 0.15) is 12.8 Å². The molecule has 2 aliphatic carbocycles. The van der Waals surface area contributed by atoms with Gasteiger partial charge in [-0.1, -0.05) is 12.2 Å². The molecule has 2 nitrogen and oxygen atoms in total. The molecule has 11 heavy (non-hydrogen) atoms. The van der Waals surface area contributed by atoms with Gasteiger partial charge in [0, 0.05) is 12.3 Å². The Kier molecular flexibility index (Phi) is 1.06. The highest BCUT2D eigenvalue weighted by Crippen LogP contribution is 2.51. The second-order valence-electron chi connectivity index (χ2n) is 3.62. The van der Waals surface area contributed by atoms with Crippen LogP contribution in [0, 0.1) is 11.8 Å². The highest BCUT2D eigenvalue weighted by atomic mass is 16.7. The molecule has 1 spiro atoms. The molecule has 0 N–H and O–H groups in total. The van der Waals surface area contributed by atoms with Crippen LogP contribution in [0.4, 0.5) is 0 Å². The zero-order valence-electron chi connectivity index (χ0n) is 6.45. The summed E-state index contributed by atoms with van der Waals surface area (Å²) in [6.45, 7) is 1.58. The molecule has 0 unspecified atom stereocenters. The Hall–Kier alpha value is -0.340. The van der Waals surface area contributed by atoms with Gasteiger partial charge in [-0.05, 0) is 12.3 Å². The Morgan fingerprint density at radius 2 is 2.00 bits per heavy atom. The fraction of sp³-hybridized carbons (Fsp3) is 0.778. The van der Waals surface area contributed by atoms with Crippen molar-refractivity contribution in [2.24, 2.45) is 11.8 Å². The van der Waals surface area contributed by atoms with Crippen molar-refractivity contribution in [2.45, 2.75) is 18.6 Å². The van der Waals surface area contributed by atoms with E-state index in [1.54, 1.807) is 0 Å². The average molecular weight is 152 g/mol. The molecular weight excluding hydrogens is 140 g/mol. The molecule has 0 bridgehead atoms. The summed E-state index contributed by atoms with van der Waals surface area (Å²) in [7, 11) is 0. The third kappa shape index (κ3) is 0.644. The van der Waals surface area contributed by atoms with E-state index in [2.05, 4.69) is 12.2 Å². The quantitative estimate of drug-likeness (QED) is 0.487. The summed E-state index contributed by atoms with van der Waals surface area (Å²) in [5, 5.41) is 0. The monoisotopic (exact) mass is 152 g/mol. The van der Waals surface area contributed by atoms with E-state index in [9.17, 15) is 0 Å². The minimum absolute atomic E-state index is 0.181. The van der Waals surface area contributed by atoms with Crippen LogP contribution in [0.2, 0.25) is 0 Å². The molecule has 2 atom stereocenters. The maximum Gasteiger partial charge on any atom is 0.175 e. The Labute approximate surface area is 66.2 Å². The summed E-state index contributed by atoms with van der Waals surface area (Å²) in [6.07, 6.45) is 6.87. The molecule has 2 heteroatoms. The predicted molar refractivity (Wildman–Crippen MR) is 40.0 cm³/mol. The van der Waals surface area contributed by atoms with Crippen LogP contribution in [0.5, 0.6) is 0 Å². The van der Waals surface area contributed by atoms with Crippen LogP contribution in [0.15, 0.2) is 12.2 Å². The lowest BCUT2D eigenvalue weighted by Crippen LogP contribution is -2.37. The van der Waals surface area contributed by atoms with Crippen molar-refractivity contribution in [1.29, 1.82) is 0 Å². The Morgan fingerprint density at radius 1 is 1.18 bits per heavy atom.